The number of methoxy groups -OCH3 is 1. The maximum atomic E-state index is 12.9. The lowest BCUT2D eigenvalue weighted by molar-refractivity contribution is -0.121. The number of anilines is 1. The molecule has 29 heavy (non-hydrogen) atoms. The van der Waals surface area contributed by atoms with Gasteiger partial charge in [0.2, 0.25) is 0 Å². The lowest BCUT2D eigenvalue weighted by Gasteiger charge is -2.27. The van der Waals surface area contributed by atoms with E-state index in [1.165, 1.54) is 18.1 Å². The fourth-order valence-electron chi connectivity index (χ4n) is 3.09. The number of esters is 1. The summed E-state index contributed by atoms with van der Waals surface area (Å²) in [4.78, 5) is 26.7. The summed E-state index contributed by atoms with van der Waals surface area (Å²) in [5, 5.41) is 1.10. The number of nitrogens with zero attached hydrogens (tertiary/aromatic N) is 1. The molecule has 1 aliphatic rings. The van der Waals surface area contributed by atoms with Crippen molar-refractivity contribution in [3.8, 4) is 5.75 Å². The Morgan fingerprint density at radius 2 is 1.86 bits per heavy atom. The molecule has 0 radical (unpaired) electrons. The van der Waals surface area contributed by atoms with Gasteiger partial charge in [0.15, 0.2) is 16.4 Å². The van der Waals surface area contributed by atoms with Crippen LogP contribution in [-0.2, 0) is 19.4 Å². The summed E-state index contributed by atoms with van der Waals surface area (Å²) in [6, 6.07) is 13.1. The van der Waals surface area contributed by atoms with E-state index in [2.05, 4.69) is 0 Å². The van der Waals surface area contributed by atoms with E-state index in [9.17, 15) is 18.0 Å². The third-order valence-electron chi connectivity index (χ3n) is 4.45. The average Bonchev–Trinajstić information content (AvgIpc) is 3.06. The fraction of sp³-hybridized carbons (Fsp3) is 0.238. The maximum Gasteiger partial charge on any atom is 0.342 e. The van der Waals surface area contributed by atoms with E-state index in [0.29, 0.717) is 11.4 Å². The number of hydrogen-bond donors (Lipinski definition) is 0. The number of rotatable bonds is 6. The number of aryl methyl sites for hydroxylation is 1. The SMILES string of the molecule is COc1ccc(C)cc1C(=O)OCC(=O)N(c1ccccc1)[C@H]1C=CS(=O)(=O)C1. The normalized spacial score (nSPS) is 17.0. The summed E-state index contributed by atoms with van der Waals surface area (Å²) in [5.74, 6) is -1.09. The molecule has 0 aliphatic carbocycles. The molecule has 7 nitrogen and oxygen atoms in total. The zero-order valence-corrected chi connectivity index (χ0v) is 16.9. The number of sulfone groups is 1. The monoisotopic (exact) mass is 415 g/mol. The van der Waals surface area contributed by atoms with Crippen LogP contribution in [0, 0.1) is 6.92 Å². The first-order valence-corrected chi connectivity index (χ1v) is 10.6. The van der Waals surface area contributed by atoms with Gasteiger partial charge in [-0.2, -0.15) is 0 Å². The second-order valence-electron chi connectivity index (χ2n) is 6.60. The van der Waals surface area contributed by atoms with Crippen LogP contribution in [0.25, 0.3) is 0 Å². The van der Waals surface area contributed by atoms with Crippen LogP contribution in [0.4, 0.5) is 5.69 Å². The molecule has 2 aromatic carbocycles. The number of benzene rings is 2. The van der Waals surface area contributed by atoms with Crippen molar-refractivity contribution in [3.63, 3.8) is 0 Å². The highest BCUT2D eigenvalue weighted by atomic mass is 32.2. The van der Waals surface area contributed by atoms with E-state index in [4.69, 9.17) is 9.47 Å². The Hall–Kier alpha value is -3.13. The minimum absolute atomic E-state index is 0.215. The highest BCUT2D eigenvalue weighted by Crippen LogP contribution is 2.24. The third-order valence-corrected chi connectivity index (χ3v) is 5.83. The van der Waals surface area contributed by atoms with Gasteiger partial charge in [0.1, 0.15) is 11.3 Å². The highest BCUT2D eigenvalue weighted by Gasteiger charge is 2.32. The van der Waals surface area contributed by atoms with Crippen molar-refractivity contribution in [1.82, 2.24) is 0 Å². The van der Waals surface area contributed by atoms with Crippen molar-refractivity contribution < 1.29 is 27.5 Å². The number of hydrogen-bond acceptors (Lipinski definition) is 6. The number of amides is 1. The van der Waals surface area contributed by atoms with E-state index in [-0.39, 0.29) is 11.3 Å². The second-order valence-corrected chi connectivity index (χ2v) is 8.54. The standard InChI is InChI=1S/C21H21NO6S/c1-15-8-9-19(27-2)18(12-15)21(24)28-13-20(23)22(16-6-4-3-5-7-16)17-10-11-29(25,26)14-17/h3-12,17H,13-14H2,1-2H3/t17-/m0/s1. The van der Waals surface area contributed by atoms with E-state index in [1.54, 1.807) is 48.5 Å². The quantitative estimate of drug-likeness (QED) is 0.674. The summed E-state index contributed by atoms with van der Waals surface area (Å²) in [5.41, 5.74) is 1.58. The van der Waals surface area contributed by atoms with Crippen LogP contribution >= 0.6 is 0 Å². The van der Waals surface area contributed by atoms with Gasteiger partial charge in [0.05, 0.1) is 18.9 Å². The van der Waals surface area contributed by atoms with Crippen molar-refractivity contribution in [1.29, 1.82) is 0 Å². The van der Waals surface area contributed by atoms with Gasteiger partial charge in [-0.1, -0.05) is 29.8 Å². The van der Waals surface area contributed by atoms with Gasteiger partial charge < -0.3 is 14.4 Å². The van der Waals surface area contributed by atoms with Crippen molar-refractivity contribution in [2.45, 2.75) is 13.0 Å². The van der Waals surface area contributed by atoms with E-state index in [1.807, 2.05) is 6.92 Å². The molecule has 1 aliphatic heterocycles. The van der Waals surface area contributed by atoms with Crippen molar-refractivity contribution in [2.75, 3.05) is 24.4 Å². The van der Waals surface area contributed by atoms with E-state index < -0.39 is 34.4 Å². The smallest absolute Gasteiger partial charge is 0.342 e. The molecule has 1 amide bonds. The number of carbonyl (C=O) groups excluding carboxylic acids is 2. The minimum Gasteiger partial charge on any atom is -0.496 e. The summed E-state index contributed by atoms with van der Waals surface area (Å²) >= 11 is 0. The van der Waals surface area contributed by atoms with Crippen molar-refractivity contribution in [3.05, 3.63) is 71.1 Å². The van der Waals surface area contributed by atoms with Gasteiger partial charge >= 0.3 is 5.97 Å². The van der Waals surface area contributed by atoms with Crippen molar-refractivity contribution in [2.24, 2.45) is 0 Å². The zero-order valence-electron chi connectivity index (χ0n) is 16.1. The lowest BCUT2D eigenvalue weighted by Crippen LogP contribution is -2.43. The molecular weight excluding hydrogens is 394 g/mol. The Bertz CT molecular complexity index is 1050. The van der Waals surface area contributed by atoms with Gasteiger partial charge in [-0.3, -0.25) is 4.79 Å². The molecule has 152 valence electrons. The van der Waals surface area contributed by atoms with E-state index >= 15 is 0 Å². The summed E-state index contributed by atoms with van der Waals surface area (Å²) in [6.45, 7) is 1.29. The molecule has 0 bridgehead atoms. The van der Waals surface area contributed by atoms with Crippen LogP contribution in [0.3, 0.4) is 0 Å². The van der Waals surface area contributed by atoms with Gasteiger partial charge in [0, 0.05) is 11.1 Å². The molecule has 1 heterocycles. The summed E-state index contributed by atoms with van der Waals surface area (Å²) in [6.07, 6.45) is 1.46. The molecule has 0 fully saturated rings. The van der Waals surface area contributed by atoms with Crippen LogP contribution in [-0.4, -0.2) is 45.8 Å². The summed E-state index contributed by atoms with van der Waals surface area (Å²) < 4.78 is 34.1. The molecule has 0 saturated heterocycles. The van der Waals surface area contributed by atoms with Gasteiger partial charge in [-0.25, -0.2) is 13.2 Å². The van der Waals surface area contributed by atoms with Crippen LogP contribution in [0.15, 0.2) is 60.0 Å². The Morgan fingerprint density at radius 1 is 1.14 bits per heavy atom. The van der Waals surface area contributed by atoms with Crippen molar-refractivity contribution >= 4 is 27.4 Å². The lowest BCUT2D eigenvalue weighted by atomic mass is 10.1. The number of ether oxygens (including phenoxy) is 2. The molecule has 1 atom stereocenters. The number of carbonyl (C=O) groups is 2. The predicted octanol–water partition coefficient (Wildman–Crippen LogP) is 2.50. The van der Waals surface area contributed by atoms with E-state index in [0.717, 1.165) is 11.0 Å². The Balaban J connectivity index is 1.78. The van der Waals surface area contributed by atoms with Gasteiger partial charge in [-0.05, 0) is 37.3 Å². The fourth-order valence-corrected chi connectivity index (χ4v) is 4.35. The number of para-hydroxylation sites is 1. The Labute approximate surface area is 169 Å². The van der Waals surface area contributed by atoms with Crippen LogP contribution in [0.1, 0.15) is 15.9 Å². The molecule has 3 rings (SSSR count). The molecule has 0 spiro atoms. The third kappa shape index (κ3) is 4.83. The summed E-state index contributed by atoms with van der Waals surface area (Å²) in [7, 11) is -1.93. The average molecular weight is 415 g/mol. The maximum absolute atomic E-state index is 12.9. The largest absolute Gasteiger partial charge is 0.496 e. The molecule has 0 unspecified atom stereocenters. The molecule has 0 aromatic heterocycles. The molecule has 8 heteroatoms. The Morgan fingerprint density at radius 3 is 2.48 bits per heavy atom. The minimum atomic E-state index is -3.37. The molecule has 0 N–H and O–H groups in total. The van der Waals surface area contributed by atoms with Crippen LogP contribution in [0.5, 0.6) is 5.75 Å². The van der Waals surface area contributed by atoms with Gasteiger partial charge in [-0.15, -0.1) is 0 Å². The van der Waals surface area contributed by atoms with Crippen LogP contribution in [0.2, 0.25) is 0 Å². The molecular formula is C21H21NO6S. The predicted molar refractivity (Wildman–Crippen MR) is 109 cm³/mol. The molecule has 2 aromatic rings. The second kappa shape index (κ2) is 8.48. The van der Waals surface area contributed by atoms with Crippen LogP contribution < -0.4 is 9.64 Å². The topological polar surface area (TPSA) is 90.0 Å². The highest BCUT2D eigenvalue weighted by molar-refractivity contribution is 7.94. The van der Waals surface area contributed by atoms with Gasteiger partial charge in [0.25, 0.3) is 5.91 Å². The first kappa shape index (κ1) is 20.6. The first-order chi connectivity index (χ1) is 13.8. The zero-order chi connectivity index (χ0) is 21.0. The first-order valence-electron chi connectivity index (χ1n) is 8.90. The molecule has 0 saturated carbocycles. The Kier molecular flexibility index (Phi) is 6.03.